The summed E-state index contributed by atoms with van der Waals surface area (Å²) in [6.07, 6.45) is 42.0. The molecular weight excluding hydrogens is 589 g/mol. The summed E-state index contributed by atoms with van der Waals surface area (Å²) in [5.41, 5.74) is 12.9. The third-order valence-electron chi connectivity index (χ3n) is 11.0. The van der Waals surface area contributed by atoms with Crippen LogP contribution in [0.4, 0.5) is 0 Å². The van der Waals surface area contributed by atoms with Gasteiger partial charge in [0.05, 0.1) is 0 Å². The van der Waals surface area contributed by atoms with Crippen molar-refractivity contribution in [2.24, 2.45) is 23.2 Å². The third-order valence-corrected chi connectivity index (χ3v) is 11.0. The Kier molecular flexibility index (Phi) is 20.6. The molecule has 0 unspecified atom stereocenters. The lowest BCUT2D eigenvalue weighted by Crippen LogP contribution is -2.01. The highest BCUT2D eigenvalue weighted by molar-refractivity contribution is 5.13. The van der Waals surface area contributed by atoms with Crippen LogP contribution in [0.1, 0.15) is 191 Å². The Balaban J connectivity index is 0.000000255. The van der Waals surface area contributed by atoms with E-state index < -0.39 is 0 Å². The Labute approximate surface area is 307 Å². The van der Waals surface area contributed by atoms with Crippen LogP contribution in [0.3, 0.4) is 0 Å². The first-order chi connectivity index (χ1) is 23.3. The smallest absolute Gasteiger partial charge is 0.0164 e. The third kappa shape index (κ3) is 22.4. The van der Waals surface area contributed by atoms with Gasteiger partial charge >= 0.3 is 0 Å². The normalized spacial score (nSPS) is 18.7. The maximum absolute atomic E-state index is 4.16. The highest BCUT2D eigenvalue weighted by atomic mass is 14.6. The number of hydrogen-bond donors (Lipinski definition) is 0. The monoisotopic (exact) mass is 669 g/mol. The minimum absolute atomic E-state index is 0.830. The fraction of sp³-hybridized carbons (Fsp3) is 0.673. The molecule has 4 fully saturated rings. The fourth-order valence-electron chi connectivity index (χ4n) is 6.75. The zero-order valence-corrected chi connectivity index (χ0v) is 34.4. The molecule has 0 aromatic heterocycles. The minimum Gasteiger partial charge on any atom is -0.0996 e. The molecular formula is C49H80. The predicted octanol–water partition coefficient (Wildman–Crippen LogP) is 16.5. The average Bonchev–Trinajstić information content (AvgIpc) is 3.84. The topological polar surface area (TPSA) is 0 Å². The van der Waals surface area contributed by atoms with E-state index in [1.807, 2.05) is 0 Å². The Hall–Kier alpha value is -2.08. The lowest BCUT2D eigenvalue weighted by Gasteiger charge is -2.12. The van der Waals surface area contributed by atoms with Crippen molar-refractivity contribution >= 4 is 0 Å². The highest BCUT2D eigenvalue weighted by Gasteiger charge is 2.52. The summed E-state index contributed by atoms with van der Waals surface area (Å²) in [7, 11) is 0. The van der Waals surface area contributed by atoms with Gasteiger partial charge in [0.15, 0.2) is 0 Å². The number of hydrogen-bond acceptors (Lipinski definition) is 0. The van der Waals surface area contributed by atoms with Gasteiger partial charge in [-0.3, -0.25) is 0 Å². The first kappa shape index (κ1) is 43.1. The van der Waals surface area contributed by atoms with Crippen molar-refractivity contribution in [1.29, 1.82) is 0 Å². The molecule has 0 atom stereocenters. The summed E-state index contributed by atoms with van der Waals surface area (Å²) in [5, 5.41) is 0. The predicted molar refractivity (Wildman–Crippen MR) is 223 cm³/mol. The SMILES string of the molecule is C=C(CC/C=C(\C)CCC=C(C)C)C1CC1.CC(C)=CCC/C(C)=C/C/C=C(\C)C1CC1.CC(C)=CCC/C(C)=C/CCC1(C2CC2)CC1. The van der Waals surface area contributed by atoms with Crippen molar-refractivity contribution in [2.45, 2.75) is 191 Å². The first-order valence-corrected chi connectivity index (χ1v) is 20.5. The second-order valence-electron chi connectivity index (χ2n) is 17.2. The summed E-state index contributed by atoms with van der Waals surface area (Å²) >= 11 is 0. The van der Waals surface area contributed by atoms with Gasteiger partial charge in [0.1, 0.15) is 0 Å². The molecule has 0 nitrogen and oxygen atoms in total. The van der Waals surface area contributed by atoms with E-state index in [-0.39, 0.29) is 0 Å². The summed E-state index contributed by atoms with van der Waals surface area (Å²) in [6, 6.07) is 0. The Morgan fingerprint density at radius 1 is 0.490 bits per heavy atom. The Morgan fingerprint density at radius 2 is 0.918 bits per heavy atom. The quantitative estimate of drug-likeness (QED) is 0.113. The minimum atomic E-state index is 0.830. The van der Waals surface area contributed by atoms with E-state index in [1.54, 1.807) is 11.1 Å². The molecule has 0 spiro atoms. The van der Waals surface area contributed by atoms with E-state index in [0.29, 0.717) is 0 Å². The van der Waals surface area contributed by atoms with Crippen LogP contribution >= 0.6 is 0 Å². The van der Waals surface area contributed by atoms with Crippen LogP contribution in [0.15, 0.2) is 93.7 Å². The lowest BCUT2D eigenvalue weighted by molar-refractivity contribution is 0.408. The van der Waals surface area contributed by atoms with Gasteiger partial charge in [0.25, 0.3) is 0 Å². The molecule has 0 aromatic rings. The van der Waals surface area contributed by atoms with E-state index >= 15 is 0 Å². The molecule has 4 aliphatic carbocycles. The van der Waals surface area contributed by atoms with E-state index in [9.17, 15) is 0 Å². The van der Waals surface area contributed by atoms with Crippen LogP contribution in [0.2, 0.25) is 0 Å². The molecule has 0 bridgehead atoms. The van der Waals surface area contributed by atoms with Crippen LogP contribution in [-0.4, -0.2) is 0 Å². The van der Waals surface area contributed by atoms with Crippen LogP contribution in [0.25, 0.3) is 0 Å². The maximum Gasteiger partial charge on any atom is -0.0164 e. The molecule has 0 heterocycles. The van der Waals surface area contributed by atoms with Crippen LogP contribution < -0.4 is 0 Å². The molecule has 0 heteroatoms. The van der Waals surface area contributed by atoms with E-state index in [0.717, 1.165) is 29.6 Å². The molecule has 49 heavy (non-hydrogen) atoms. The van der Waals surface area contributed by atoms with Crippen LogP contribution in [-0.2, 0) is 0 Å². The summed E-state index contributed by atoms with van der Waals surface area (Å²) in [6.45, 7) is 26.3. The van der Waals surface area contributed by atoms with Gasteiger partial charge in [-0.25, -0.2) is 0 Å². The molecule has 0 saturated heterocycles. The molecule has 0 aromatic carbocycles. The molecule has 0 amide bonds. The number of allylic oxidation sites excluding steroid dienone is 15. The summed E-state index contributed by atoms with van der Waals surface area (Å²) in [4.78, 5) is 0. The zero-order chi connectivity index (χ0) is 36.2. The van der Waals surface area contributed by atoms with Gasteiger partial charge < -0.3 is 0 Å². The standard InChI is InChI=1S/C17H28.2C16H26/c1-14(2)6-4-7-15(3)8-5-11-17(12-13-17)16-9-10-16;2*1-13(2)7-5-8-14(3)9-6-10-15(4)16-11-12-16/h6,8,16H,4-5,7,9-13H2,1-3H3;7,9-10,16H,5-6,8,11-12H2,1-4H3;7,9,16H,4-6,8,10-12H2,1-3H3/b15-8+;14-9+,15-10+;14-9+. The highest BCUT2D eigenvalue weighted by Crippen LogP contribution is 2.63. The second-order valence-corrected chi connectivity index (χ2v) is 17.2. The van der Waals surface area contributed by atoms with E-state index in [1.165, 1.54) is 149 Å². The van der Waals surface area contributed by atoms with Crippen LogP contribution in [0, 0.1) is 23.2 Å². The molecule has 0 aliphatic heterocycles. The Bertz CT molecular complexity index is 1190. The van der Waals surface area contributed by atoms with Crippen molar-refractivity contribution in [3.63, 3.8) is 0 Å². The summed E-state index contributed by atoms with van der Waals surface area (Å²) in [5.74, 6) is 2.93. The van der Waals surface area contributed by atoms with Gasteiger partial charge in [-0.15, -0.1) is 0 Å². The first-order valence-electron chi connectivity index (χ1n) is 20.5. The second kappa shape index (κ2) is 23.4. The van der Waals surface area contributed by atoms with Gasteiger partial charge in [-0.05, 0) is 214 Å². The molecule has 4 saturated carbocycles. The average molecular weight is 669 g/mol. The van der Waals surface area contributed by atoms with E-state index in [2.05, 4.69) is 118 Å². The zero-order valence-electron chi connectivity index (χ0n) is 34.4. The number of rotatable bonds is 20. The van der Waals surface area contributed by atoms with Crippen molar-refractivity contribution in [2.75, 3.05) is 0 Å². The van der Waals surface area contributed by atoms with Crippen LogP contribution in [0.5, 0.6) is 0 Å². The van der Waals surface area contributed by atoms with Gasteiger partial charge in [0.2, 0.25) is 0 Å². The molecule has 276 valence electrons. The van der Waals surface area contributed by atoms with Crippen molar-refractivity contribution < 1.29 is 0 Å². The Morgan fingerprint density at radius 3 is 1.33 bits per heavy atom. The summed E-state index contributed by atoms with van der Waals surface area (Å²) < 4.78 is 0. The van der Waals surface area contributed by atoms with Gasteiger partial charge in [0, 0.05) is 0 Å². The molecule has 0 radical (unpaired) electrons. The van der Waals surface area contributed by atoms with E-state index in [4.69, 9.17) is 0 Å². The van der Waals surface area contributed by atoms with Gasteiger partial charge in [-0.1, -0.05) is 93.7 Å². The van der Waals surface area contributed by atoms with Crippen molar-refractivity contribution in [3.05, 3.63) is 93.7 Å². The molecule has 4 aliphatic rings. The van der Waals surface area contributed by atoms with Gasteiger partial charge in [-0.2, -0.15) is 0 Å². The molecule has 4 rings (SSSR count). The largest absolute Gasteiger partial charge is 0.0996 e. The molecule has 0 N–H and O–H groups in total. The van der Waals surface area contributed by atoms with Crippen molar-refractivity contribution in [3.8, 4) is 0 Å². The lowest BCUT2D eigenvalue weighted by atomic mass is 9.93. The fourth-order valence-corrected chi connectivity index (χ4v) is 6.75. The maximum atomic E-state index is 4.16. The van der Waals surface area contributed by atoms with Crippen molar-refractivity contribution in [1.82, 2.24) is 0 Å².